The van der Waals surface area contributed by atoms with Gasteiger partial charge in [0.1, 0.15) is 23.7 Å². The van der Waals surface area contributed by atoms with Gasteiger partial charge in [-0.05, 0) is 96.4 Å². The van der Waals surface area contributed by atoms with Crippen molar-refractivity contribution in [3.8, 4) is 33.6 Å². The Morgan fingerprint density at radius 2 is 1.16 bits per heavy atom. The van der Waals surface area contributed by atoms with Crippen LogP contribution in [0.2, 0.25) is 0 Å². The highest BCUT2D eigenvalue weighted by Gasteiger charge is 2.44. The number of rotatable bonds is 11. The van der Waals surface area contributed by atoms with Crippen molar-refractivity contribution in [3.05, 3.63) is 71.6 Å². The predicted molar refractivity (Wildman–Crippen MR) is 231 cm³/mol. The third-order valence-electron chi connectivity index (χ3n) is 13.7. The zero-order valence-electron chi connectivity index (χ0n) is 36.3. The van der Waals surface area contributed by atoms with E-state index in [-0.39, 0.29) is 41.1 Å². The van der Waals surface area contributed by atoms with Gasteiger partial charge < -0.3 is 39.9 Å². The zero-order valence-corrected chi connectivity index (χ0v) is 36.3. The summed E-state index contributed by atoms with van der Waals surface area (Å²) in [5.74, 6) is 1.06. The Morgan fingerprint density at radius 3 is 1.69 bits per heavy atom. The molecule has 4 heterocycles. The van der Waals surface area contributed by atoms with Crippen molar-refractivity contribution in [2.75, 3.05) is 27.3 Å². The Kier molecular flexibility index (Phi) is 12.0. The number of amides is 4. The fraction of sp³-hybridized carbons (Fsp3) is 0.532. The Labute approximate surface area is 358 Å². The van der Waals surface area contributed by atoms with Crippen LogP contribution in [0.5, 0.6) is 0 Å². The molecule has 2 aromatic heterocycles. The molecule has 0 unspecified atom stereocenters. The summed E-state index contributed by atoms with van der Waals surface area (Å²) in [6.45, 7) is 8.89. The van der Waals surface area contributed by atoms with Gasteiger partial charge in [-0.25, -0.2) is 19.6 Å². The van der Waals surface area contributed by atoms with E-state index in [2.05, 4.69) is 57.0 Å². The minimum Gasteiger partial charge on any atom is -0.453 e. The number of benzene rings is 2. The van der Waals surface area contributed by atoms with Crippen molar-refractivity contribution < 1.29 is 28.7 Å². The average Bonchev–Trinajstić information content (AvgIpc) is 4.13. The van der Waals surface area contributed by atoms with Crippen LogP contribution >= 0.6 is 0 Å². The summed E-state index contributed by atoms with van der Waals surface area (Å²) in [5.41, 5.74) is 9.48. The molecule has 2 aliphatic carbocycles. The van der Waals surface area contributed by atoms with E-state index in [1.54, 1.807) is 0 Å². The summed E-state index contributed by atoms with van der Waals surface area (Å²) < 4.78 is 9.62. The van der Waals surface area contributed by atoms with Crippen molar-refractivity contribution in [1.82, 2.24) is 40.4 Å². The molecule has 0 radical (unpaired) electrons. The first-order chi connectivity index (χ1) is 29.4. The number of methoxy groups -OCH3 is 2. The maximum absolute atomic E-state index is 13.8. The number of aromatic amines is 2. The van der Waals surface area contributed by atoms with Gasteiger partial charge in [0.05, 0.1) is 50.1 Å². The average molecular weight is 833 g/mol. The number of likely N-dealkylation sites (tertiary alicyclic amines) is 2. The van der Waals surface area contributed by atoms with Gasteiger partial charge in [0.15, 0.2) is 0 Å². The molecule has 14 nitrogen and oxygen atoms in total. The first kappa shape index (κ1) is 42.0. The normalized spacial score (nSPS) is 20.3. The summed E-state index contributed by atoms with van der Waals surface area (Å²) in [6, 6.07) is 11.4. The molecule has 4 N–H and O–H groups in total. The number of ether oxygens (including phenoxy) is 2. The molecule has 61 heavy (non-hydrogen) atoms. The van der Waals surface area contributed by atoms with E-state index in [0.29, 0.717) is 13.1 Å². The van der Waals surface area contributed by atoms with Gasteiger partial charge >= 0.3 is 12.2 Å². The number of hydrogen-bond donors (Lipinski definition) is 4. The summed E-state index contributed by atoms with van der Waals surface area (Å²) >= 11 is 0. The second-order valence-corrected chi connectivity index (χ2v) is 18.0. The molecule has 4 aliphatic rings. The number of nitrogens with one attached hydrogen (secondary N) is 4. The highest BCUT2D eigenvalue weighted by molar-refractivity contribution is 5.87. The van der Waals surface area contributed by atoms with Gasteiger partial charge in [0, 0.05) is 18.7 Å². The molecule has 14 heteroatoms. The van der Waals surface area contributed by atoms with Crippen LogP contribution in [-0.2, 0) is 30.9 Å². The van der Waals surface area contributed by atoms with E-state index in [9.17, 15) is 19.2 Å². The number of nitrogens with zero attached hydrogens (tertiary/aromatic N) is 4. The number of alkyl carbamates (subject to hydrolysis) is 2. The summed E-state index contributed by atoms with van der Waals surface area (Å²) in [5, 5.41) is 5.47. The molecule has 8 rings (SSSR count). The van der Waals surface area contributed by atoms with Crippen molar-refractivity contribution >= 4 is 24.0 Å². The molecule has 1 spiro atoms. The number of hydrogen-bond acceptors (Lipinski definition) is 8. The SMILES string of the molecule is COC(=O)N[C@H](C(=O)N1CCC[C@H]1c1ncc(-c2ccc(-c3ccc(-c4cnc([C@H]5CCCN5C(=O)[C@H](NC(=O)OC)C(C)C)[nH]4)cc3)c3c2C2(CCCC2)CC3)[nH]1)C(C)C. The Morgan fingerprint density at radius 1 is 0.672 bits per heavy atom. The quantitative estimate of drug-likeness (QED) is 0.118. The molecule has 2 aliphatic heterocycles. The lowest BCUT2D eigenvalue weighted by Gasteiger charge is -2.30. The van der Waals surface area contributed by atoms with Gasteiger partial charge in [-0.2, -0.15) is 0 Å². The van der Waals surface area contributed by atoms with E-state index in [1.165, 1.54) is 62.2 Å². The lowest BCUT2D eigenvalue weighted by Crippen LogP contribution is -2.51. The molecule has 0 bridgehead atoms. The molecular weight excluding hydrogens is 773 g/mol. The number of H-pyrrole nitrogens is 2. The smallest absolute Gasteiger partial charge is 0.407 e. The minimum absolute atomic E-state index is 0.104. The van der Waals surface area contributed by atoms with Gasteiger partial charge in [-0.15, -0.1) is 0 Å². The number of fused-ring (bicyclic) bond motifs is 2. The van der Waals surface area contributed by atoms with Crippen molar-refractivity contribution in [3.63, 3.8) is 0 Å². The Balaban J connectivity index is 1.04. The lowest BCUT2D eigenvalue weighted by atomic mass is 9.77. The van der Waals surface area contributed by atoms with E-state index >= 15 is 0 Å². The van der Waals surface area contributed by atoms with Crippen LogP contribution in [0, 0.1) is 11.8 Å². The first-order valence-electron chi connectivity index (χ1n) is 22.1. The molecule has 324 valence electrons. The highest BCUT2D eigenvalue weighted by Crippen LogP contribution is 2.55. The van der Waals surface area contributed by atoms with Crippen LogP contribution in [-0.4, -0.2) is 93.1 Å². The third kappa shape index (κ3) is 8.01. The molecule has 3 fully saturated rings. The second-order valence-electron chi connectivity index (χ2n) is 18.0. The third-order valence-corrected chi connectivity index (χ3v) is 13.7. The summed E-state index contributed by atoms with van der Waals surface area (Å²) in [6.07, 6.45) is 12.8. The molecule has 2 saturated heterocycles. The monoisotopic (exact) mass is 832 g/mol. The standard InChI is InChI=1S/C47H60N8O6/c1-27(2)39(52-45(58)60-5)43(56)54-23-9-11-36(54)41-48-25-34(50-41)30-15-13-29(14-16-30)31-17-18-33(38-32(31)19-22-47(38)20-7-8-21-47)35-26-49-42(51-35)37-12-10-24-55(37)44(57)40(28(3)4)53-46(59)61-6/h13-18,25-28,36-37,39-40H,7-12,19-24H2,1-6H3,(H,48,50)(H,49,51)(H,52,58)(H,53,59)/t36-,37+,39-,40+/m1/s1. The van der Waals surface area contributed by atoms with Crippen LogP contribution in [0.3, 0.4) is 0 Å². The largest absolute Gasteiger partial charge is 0.453 e. The molecular formula is C47H60N8O6. The predicted octanol–water partition coefficient (Wildman–Crippen LogP) is 7.98. The molecule has 2 aromatic carbocycles. The lowest BCUT2D eigenvalue weighted by molar-refractivity contribution is -0.136. The molecule has 1 saturated carbocycles. The van der Waals surface area contributed by atoms with Gasteiger partial charge in [0.2, 0.25) is 11.8 Å². The van der Waals surface area contributed by atoms with Gasteiger partial charge in [-0.3, -0.25) is 9.59 Å². The van der Waals surface area contributed by atoms with E-state index in [4.69, 9.17) is 19.4 Å². The molecule has 4 atom stereocenters. The van der Waals surface area contributed by atoms with E-state index in [1.807, 2.05) is 49.9 Å². The zero-order chi connectivity index (χ0) is 43.0. The minimum atomic E-state index is -0.687. The van der Waals surface area contributed by atoms with Crippen LogP contribution in [0.1, 0.15) is 120 Å². The highest BCUT2D eigenvalue weighted by atomic mass is 16.5. The van der Waals surface area contributed by atoms with Crippen LogP contribution in [0.25, 0.3) is 33.6 Å². The molecule has 4 amide bonds. The van der Waals surface area contributed by atoms with Gasteiger partial charge in [0.25, 0.3) is 0 Å². The Hall–Kier alpha value is -5.66. The van der Waals surface area contributed by atoms with E-state index < -0.39 is 24.3 Å². The van der Waals surface area contributed by atoms with Crippen LogP contribution in [0.15, 0.2) is 48.8 Å². The number of imidazole rings is 2. The van der Waals surface area contributed by atoms with E-state index in [0.717, 1.165) is 72.7 Å². The second kappa shape index (κ2) is 17.4. The summed E-state index contributed by atoms with van der Waals surface area (Å²) in [7, 11) is 2.61. The van der Waals surface area contributed by atoms with Crippen molar-refractivity contribution in [1.29, 1.82) is 0 Å². The number of carbonyl (C=O) groups excluding carboxylic acids is 4. The maximum Gasteiger partial charge on any atom is 0.407 e. The fourth-order valence-corrected chi connectivity index (χ4v) is 10.6. The molecule has 4 aromatic rings. The van der Waals surface area contributed by atoms with Crippen LogP contribution in [0.4, 0.5) is 9.59 Å². The van der Waals surface area contributed by atoms with Crippen molar-refractivity contribution in [2.45, 2.75) is 121 Å². The first-order valence-corrected chi connectivity index (χ1v) is 22.1. The number of carbonyl (C=O) groups is 4. The fourth-order valence-electron chi connectivity index (χ4n) is 10.6. The van der Waals surface area contributed by atoms with Gasteiger partial charge in [-0.1, -0.05) is 76.9 Å². The number of aromatic nitrogens is 4. The van der Waals surface area contributed by atoms with Crippen molar-refractivity contribution in [2.24, 2.45) is 11.8 Å². The van der Waals surface area contributed by atoms with Crippen LogP contribution < -0.4 is 10.6 Å². The topological polar surface area (TPSA) is 175 Å². The Bertz CT molecular complexity index is 2260. The summed E-state index contributed by atoms with van der Waals surface area (Å²) in [4.78, 5) is 72.2. The maximum atomic E-state index is 13.8.